The zero-order valence-electron chi connectivity index (χ0n) is 26.7. The number of nitrogens with one attached hydrogen (secondary N) is 2. The molecule has 2 aromatic heterocycles. The van der Waals surface area contributed by atoms with Crippen LogP contribution >= 0.6 is 0 Å². The molecule has 1 saturated carbocycles. The summed E-state index contributed by atoms with van der Waals surface area (Å²) in [5.41, 5.74) is 1.95. The lowest BCUT2D eigenvalue weighted by molar-refractivity contribution is -0.000798. The number of carboxylic acid groups (broad SMARTS) is 1. The van der Waals surface area contributed by atoms with E-state index in [4.69, 9.17) is 4.74 Å². The Morgan fingerprint density at radius 3 is 2.51 bits per heavy atom. The third-order valence-corrected chi connectivity index (χ3v) is 9.09. The lowest BCUT2D eigenvalue weighted by Crippen LogP contribution is -2.48. The number of ether oxygens (including phenoxy) is 1. The number of carboxylic acids is 1. The van der Waals surface area contributed by atoms with Crippen LogP contribution in [0.2, 0.25) is 0 Å². The van der Waals surface area contributed by atoms with Gasteiger partial charge in [-0.1, -0.05) is 13.0 Å². The Balaban J connectivity index is 1.06. The van der Waals surface area contributed by atoms with E-state index < -0.39 is 34.7 Å². The number of carbonyl (C=O) groups is 1. The van der Waals surface area contributed by atoms with Crippen molar-refractivity contribution in [3.63, 3.8) is 0 Å². The maximum atomic E-state index is 15.3. The molecule has 1 unspecified atom stereocenters. The quantitative estimate of drug-likeness (QED) is 0.221. The number of rotatable bonds is 11. The molecule has 13 heteroatoms. The number of piperazine rings is 1. The maximum Gasteiger partial charge on any atom is 0.341 e. The molecule has 1 atom stereocenters. The van der Waals surface area contributed by atoms with Crippen molar-refractivity contribution in [2.75, 3.05) is 49.5 Å². The predicted molar refractivity (Wildman–Crippen MR) is 178 cm³/mol. The summed E-state index contributed by atoms with van der Waals surface area (Å²) in [4.78, 5) is 57.0. The first kappa shape index (κ1) is 32.2. The zero-order valence-corrected chi connectivity index (χ0v) is 26.7. The van der Waals surface area contributed by atoms with Crippen molar-refractivity contribution in [2.45, 2.75) is 52.3 Å². The number of aromatic amines is 1. The molecule has 248 valence electrons. The average molecular weight is 647 g/mol. The first-order chi connectivity index (χ1) is 22.5. The molecule has 3 heterocycles. The SMILES string of the molecule is CCc1cc(Nc2cc(=O)n(C(C)OCCN3CCN(c4cc5c(cc4F)c(=O)c(C(=O)O)cn5C4CC4)CC3)c(=O)[nH]2)ccc1C. The van der Waals surface area contributed by atoms with E-state index in [2.05, 4.69) is 22.1 Å². The predicted octanol–water partition coefficient (Wildman–Crippen LogP) is 4.00. The van der Waals surface area contributed by atoms with Gasteiger partial charge in [-0.05, 0) is 68.5 Å². The highest BCUT2D eigenvalue weighted by Crippen LogP contribution is 2.38. The van der Waals surface area contributed by atoms with E-state index in [1.807, 2.05) is 30.0 Å². The summed E-state index contributed by atoms with van der Waals surface area (Å²) in [5.74, 6) is -1.58. The van der Waals surface area contributed by atoms with E-state index in [-0.39, 0.29) is 23.6 Å². The van der Waals surface area contributed by atoms with Gasteiger partial charge < -0.3 is 24.6 Å². The van der Waals surface area contributed by atoms with Crippen LogP contribution in [0.3, 0.4) is 0 Å². The van der Waals surface area contributed by atoms with E-state index in [1.54, 1.807) is 17.6 Å². The molecule has 4 aromatic rings. The second kappa shape index (κ2) is 13.2. The molecule has 47 heavy (non-hydrogen) atoms. The molecular weight excluding hydrogens is 607 g/mol. The van der Waals surface area contributed by atoms with Gasteiger partial charge in [0.2, 0.25) is 5.43 Å². The van der Waals surface area contributed by atoms with E-state index >= 15 is 4.39 Å². The molecule has 0 bridgehead atoms. The van der Waals surface area contributed by atoms with Crippen LogP contribution in [0, 0.1) is 12.7 Å². The number of benzene rings is 2. The number of H-pyrrole nitrogens is 1. The van der Waals surface area contributed by atoms with Gasteiger partial charge in [-0.3, -0.25) is 19.5 Å². The molecule has 1 saturated heterocycles. The van der Waals surface area contributed by atoms with Gasteiger partial charge in [-0.2, -0.15) is 0 Å². The minimum Gasteiger partial charge on any atom is -0.477 e. The lowest BCUT2D eigenvalue weighted by Gasteiger charge is -2.36. The van der Waals surface area contributed by atoms with E-state index in [9.17, 15) is 24.3 Å². The number of aromatic nitrogens is 3. The summed E-state index contributed by atoms with van der Waals surface area (Å²) in [6.07, 6.45) is 3.22. The van der Waals surface area contributed by atoms with Crippen LogP contribution in [0.4, 0.5) is 21.6 Å². The highest BCUT2D eigenvalue weighted by atomic mass is 19.1. The fourth-order valence-electron chi connectivity index (χ4n) is 6.25. The normalized spacial score (nSPS) is 16.0. The van der Waals surface area contributed by atoms with E-state index in [1.165, 1.54) is 23.4 Å². The van der Waals surface area contributed by atoms with Crippen molar-refractivity contribution < 1.29 is 19.0 Å². The fourth-order valence-corrected chi connectivity index (χ4v) is 6.25. The molecule has 6 rings (SSSR count). The van der Waals surface area contributed by atoms with Gasteiger partial charge in [0.25, 0.3) is 5.56 Å². The van der Waals surface area contributed by atoms with Crippen LogP contribution < -0.4 is 26.9 Å². The average Bonchev–Trinajstić information content (AvgIpc) is 3.88. The van der Waals surface area contributed by atoms with Crippen LogP contribution in [0.25, 0.3) is 10.9 Å². The second-order valence-corrected chi connectivity index (χ2v) is 12.3. The Hall–Kier alpha value is -4.75. The van der Waals surface area contributed by atoms with Crippen molar-refractivity contribution in [3.8, 4) is 0 Å². The lowest BCUT2D eigenvalue weighted by atomic mass is 10.1. The molecule has 3 N–H and O–H groups in total. The number of anilines is 3. The number of aromatic carboxylic acids is 1. The molecule has 1 aliphatic heterocycles. The van der Waals surface area contributed by atoms with Crippen molar-refractivity contribution in [2.24, 2.45) is 0 Å². The minimum atomic E-state index is -1.32. The van der Waals surface area contributed by atoms with Crippen molar-refractivity contribution in [1.29, 1.82) is 0 Å². The summed E-state index contributed by atoms with van der Waals surface area (Å²) in [5, 5.41) is 12.7. The first-order valence-corrected chi connectivity index (χ1v) is 16.0. The third-order valence-electron chi connectivity index (χ3n) is 9.09. The maximum absolute atomic E-state index is 15.3. The van der Waals surface area contributed by atoms with Crippen LogP contribution in [0.5, 0.6) is 0 Å². The van der Waals surface area contributed by atoms with Crippen LogP contribution in [-0.4, -0.2) is 69.4 Å². The van der Waals surface area contributed by atoms with Gasteiger partial charge in [0.1, 0.15) is 23.4 Å². The summed E-state index contributed by atoms with van der Waals surface area (Å²) in [6, 6.07) is 10.1. The smallest absolute Gasteiger partial charge is 0.341 e. The van der Waals surface area contributed by atoms with Crippen molar-refractivity contribution in [1.82, 2.24) is 19.0 Å². The summed E-state index contributed by atoms with van der Waals surface area (Å²) in [6.45, 7) is 8.91. The van der Waals surface area contributed by atoms with Gasteiger partial charge in [0.15, 0.2) is 0 Å². The van der Waals surface area contributed by atoms with Gasteiger partial charge in [0, 0.05) is 62.1 Å². The third kappa shape index (κ3) is 6.72. The highest BCUT2D eigenvalue weighted by molar-refractivity contribution is 5.93. The summed E-state index contributed by atoms with van der Waals surface area (Å²) >= 11 is 0. The second-order valence-electron chi connectivity index (χ2n) is 12.3. The molecule has 0 amide bonds. The minimum absolute atomic E-state index is 0.0728. The topological polar surface area (TPSA) is 142 Å². The van der Waals surface area contributed by atoms with Gasteiger partial charge in [-0.15, -0.1) is 0 Å². The Morgan fingerprint density at radius 2 is 1.85 bits per heavy atom. The number of pyridine rings is 1. The molecular formula is C34H39FN6O6. The Kier molecular flexibility index (Phi) is 9.02. The molecule has 0 radical (unpaired) electrons. The number of nitrogens with zero attached hydrogens (tertiary/aromatic N) is 4. The van der Waals surface area contributed by atoms with Crippen molar-refractivity contribution in [3.05, 3.63) is 96.2 Å². The number of fused-ring (bicyclic) bond motifs is 1. The molecule has 2 aliphatic rings. The van der Waals surface area contributed by atoms with Gasteiger partial charge >= 0.3 is 11.7 Å². The first-order valence-electron chi connectivity index (χ1n) is 16.0. The zero-order chi connectivity index (χ0) is 33.4. The Bertz CT molecular complexity index is 1980. The number of hydrogen-bond acceptors (Lipinski definition) is 8. The van der Waals surface area contributed by atoms with E-state index in [0.717, 1.165) is 35.6 Å². The molecule has 12 nitrogen and oxygen atoms in total. The van der Waals surface area contributed by atoms with Crippen LogP contribution in [0.1, 0.15) is 60.4 Å². The Labute approximate surface area is 270 Å². The molecule has 2 aromatic carbocycles. The monoisotopic (exact) mass is 646 g/mol. The number of hydrogen-bond donors (Lipinski definition) is 3. The largest absolute Gasteiger partial charge is 0.477 e. The molecule has 2 fully saturated rings. The van der Waals surface area contributed by atoms with Crippen LogP contribution in [-0.2, 0) is 11.2 Å². The fraction of sp³-hybridized carbons (Fsp3) is 0.412. The standard InChI is InChI=1S/C34H39FN6O6/c1-4-22-15-23(6-5-20(22)2)36-30-18-31(42)41(34(46)37-30)21(3)47-14-13-38-9-11-39(12-10-38)29-17-28-25(16-27(29)35)32(43)26(33(44)45)19-40(28)24-7-8-24/h5-6,15-19,21,24,36H,4,7-14H2,1-3H3,(H,37,46)(H,44,45). The van der Waals surface area contributed by atoms with Crippen LogP contribution in [0.15, 0.2) is 57.0 Å². The summed E-state index contributed by atoms with van der Waals surface area (Å²) < 4.78 is 24.1. The highest BCUT2D eigenvalue weighted by Gasteiger charge is 2.28. The van der Waals surface area contributed by atoms with Crippen molar-refractivity contribution >= 4 is 34.1 Å². The van der Waals surface area contributed by atoms with E-state index in [0.29, 0.717) is 49.7 Å². The number of aryl methyl sites for hydroxylation is 2. The van der Waals surface area contributed by atoms with Gasteiger partial charge in [0.05, 0.1) is 17.8 Å². The molecule has 0 spiro atoms. The number of halogens is 1. The van der Waals surface area contributed by atoms with Gasteiger partial charge in [-0.25, -0.2) is 18.5 Å². The summed E-state index contributed by atoms with van der Waals surface area (Å²) in [7, 11) is 0. The Morgan fingerprint density at radius 1 is 1.11 bits per heavy atom. The molecule has 1 aliphatic carbocycles.